The average Bonchev–Trinajstić information content (AvgIpc) is 2.01. The van der Waals surface area contributed by atoms with Crippen molar-refractivity contribution in [3.8, 4) is 12.3 Å². The molecule has 0 saturated carbocycles. The molecule has 0 aliphatic carbocycles. The molecule has 0 aromatic carbocycles. The van der Waals surface area contributed by atoms with Gasteiger partial charge < -0.3 is 15.3 Å². The number of aliphatic hydroxyl groups excluding tert-OH is 2. The van der Waals surface area contributed by atoms with Gasteiger partial charge in [-0.25, -0.2) is 0 Å². The van der Waals surface area contributed by atoms with E-state index in [2.05, 4.69) is 0 Å². The van der Waals surface area contributed by atoms with Crippen molar-refractivity contribution in [3.05, 3.63) is 0 Å². The van der Waals surface area contributed by atoms with Gasteiger partial charge in [0.2, 0.25) is 0 Å². The highest BCUT2D eigenvalue weighted by Crippen LogP contribution is 2.14. The van der Waals surface area contributed by atoms with Gasteiger partial charge in [-0.05, 0) is 0 Å². The lowest BCUT2D eigenvalue weighted by molar-refractivity contribution is -0.0250. The summed E-state index contributed by atoms with van der Waals surface area (Å²) < 4.78 is 0. The monoisotopic (exact) mass is 144 g/mol. The first-order chi connectivity index (χ1) is 4.60. The van der Waals surface area contributed by atoms with Gasteiger partial charge in [0.15, 0.2) is 5.60 Å². The van der Waals surface area contributed by atoms with Crippen molar-refractivity contribution in [2.75, 3.05) is 13.2 Å². The molecule has 0 rings (SSSR count). The summed E-state index contributed by atoms with van der Waals surface area (Å²) >= 11 is 0. The van der Waals surface area contributed by atoms with Gasteiger partial charge in [-0.1, -0.05) is 12.8 Å². The predicted molar refractivity (Wildman–Crippen MR) is 37.1 cm³/mol. The molecular formula is C7H12O3. The molecule has 0 aromatic heterocycles. The van der Waals surface area contributed by atoms with Crippen LogP contribution < -0.4 is 0 Å². The Hall–Kier alpha value is -0.560. The van der Waals surface area contributed by atoms with Crippen molar-refractivity contribution >= 4 is 0 Å². The zero-order valence-corrected chi connectivity index (χ0v) is 5.91. The first-order valence-electron chi connectivity index (χ1n) is 3.02. The zero-order valence-electron chi connectivity index (χ0n) is 5.91. The normalized spacial score (nSPS) is 19.1. The first-order valence-corrected chi connectivity index (χ1v) is 3.02. The molecule has 10 heavy (non-hydrogen) atoms. The minimum absolute atomic E-state index is 0.235. The highest BCUT2D eigenvalue weighted by molar-refractivity contribution is 5.09. The van der Waals surface area contributed by atoms with Crippen LogP contribution in [0.25, 0.3) is 0 Å². The van der Waals surface area contributed by atoms with Gasteiger partial charge in [-0.2, -0.15) is 0 Å². The fraction of sp³-hybridized carbons (Fsp3) is 0.714. The van der Waals surface area contributed by atoms with E-state index in [1.54, 1.807) is 6.92 Å². The number of hydrogen-bond acceptors (Lipinski definition) is 3. The highest BCUT2D eigenvalue weighted by atomic mass is 16.3. The van der Waals surface area contributed by atoms with E-state index in [1.807, 2.05) is 5.92 Å². The van der Waals surface area contributed by atoms with Crippen LogP contribution in [0.15, 0.2) is 0 Å². The van der Waals surface area contributed by atoms with Crippen LogP contribution in [0.1, 0.15) is 6.92 Å². The summed E-state index contributed by atoms with van der Waals surface area (Å²) in [6, 6.07) is 0. The Morgan fingerprint density at radius 2 is 2.10 bits per heavy atom. The summed E-state index contributed by atoms with van der Waals surface area (Å²) in [4.78, 5) is 0. The maximum absolute atomic E-state index is 9.25. The van der Waals surface area contributed by atoms with Crippen LogP contribution in [-0.2, 0) is 0 Å². The Kier molecular flexibility index (Phi) is 3.37. The van der Waals surface area contributed by atoms with Crippen LogP contribution in [0.2, 0.25) is 0 Å². The minimum atomic E-state index is -1.57. The molecule has 3 N–H and O–H groups in total. The number of aliphatic hydroxyl groups is 3. The van der Waals surface area contributed by atoms with E-state index in [9.17, 15) is 5.11 Å². The van der Waals surface area contributed by atoms with E-state index in [0.29, 0.717) is 0 Å². The molecular weight excluding hydrogens is 132 g/mol. The van der Waals surface area contributed by atoms with Crippen molar-refractivity contribution in [2.24, 2.45) is 5.92 Å². The Morgan fingerprint density at radius 3 is 2.20 bits per heavy atom. The molecule has 0 heterocycles. The van der Waals surface area contributed by atoms with Crippen LogP contribution in [0.4, 0.5) is 0 Å². The zero-order chi connectivity index (χ0) is 8.20. The van der Waals surface area contributed by atoms with E-state index in [1.165, 1.54) is 0 Å². The van der Waals surface area contributed by atoms with E-state index < -0.39 is 18.1 Å². The molecule has 0 radical (unpaired) electrons. The minimum Gasteiger partial charge on any atom is -0.396 e. The number of hydrogen-bond donors (Lipinski definition) is 3. The summed E-state index contributed by atoms with van der Waals surface area (Å²) in [5.41, 5.74) is -1.57. The molecule has 3 heteroatoms. The van der Waals surface area contributed by atoms with Crippen molar-refractivity contribution < 1.29 is 15.3 Å². The van der Waals surface area contributed by atoms with Crippen LogP contribution in [0, 0.1) is 18.3 Å². The van der Waals surface area contributed by atoms with Gasteiger partial charge in [0.05, 0.1) is 6.61 Å². The third kappa shape index (κ3) is 1.71. The summed E-state index contributed by atoms with van der Waals surface area (Å²) in [5, 5.41) is 26.4. The molecule has 0 spiro atoms. The van der Waals surface area contributed by atoms with Gasteiger partial charge in [0, 0.05) is 12.5 Å². The van der Waals surface area contributed by atoms with E-state index >= 15 is 0 Å². The highest BCUT2D eigenvalue weighted by Gasteiger charge is 2.29. The standard InChI is InChI=1S/C7H12O3/c1-3-7(10,5-9)6(2)4-8/h1,6,8-10H,4-5H2,2H3. The van der Waals surface area contributed by atoms with Gasteiger partial charge >= 0.3 is 0 Å². The van der Waals surface area contributed by atoms with E-state index in [4.69, 9.17) is 16.6 Å². The van der Waals surface area contributed by atoms with Crippen molar-refractivity contribution in [2.45, 2.75) is 12.5 Å². The Labute approximate surface area is 60.3 Å². The fourth-order valence-corrected chi connectivity index (χ4v) is 0.495. The van der Waals surface area contributed by atoms with Crippen LogP contribution in [-0.4, -0.2) is 34.1 Å². The Bertz CT molecular complexity index is 138. The number of terminal acetylenes is 1. The van der Waals surface area contributed by atoms with E-state index in [-0.39, 0.29) is 6.61 Å². The molecule has 0 aliphatic heterocycles. The second kappa shape index (κ2) is 3.57. The smallest absolute Gasteiger partial charge is 0.152 e. The van der Waals surface area contributed by atoms with Crippen molar-refractivity contribution in [1.29, 1.82) is 0 Å². The lowest BCUT2D eigenvalue weighted by Crippen LogP contribution is -2.40. The predicted octanol–water partition coefficient (Wildman–Crippen LogP) is -1.03. The number of rotatable bonds is 3. The van der Waals surface area contributed by atoms with Crippen LogP contribution in [0.3, 0.4) is 0 Å². The Morgan fingerprint density at radius 1 is 1.60 bits per heavy atom. The van der Waals surface area contributed by atoms with E-state index in [0.717, 1.165) is 0 Å². The Balaban J connectivity index is 4.21. The van der Waals surface area contributed by atoms with Crippen molar-refractivity contribution in [3.63, 3.8) is 0 Å². The molecule has 0 bridgehead atoms. The largest absolute Gasteiger partial charge is 0.396 e. The maximum Gasteiger partial charge on any atom is 0.152 e. The van der Waals surface area contributed by atoms with Crippen LogP contribution in [0.5, 0.6) is 0 Å². The first kappa shape index (κ1) is 9.44. The lowest BCUT2D eigenvalue weighted by atomic mass is 9.91. The van der Waals surface area contributed by atoms with Gasteiger partial charge in [0.1, 0.15) is 0 Å². The third-order valence-electron chi connectivity index (χ3n) is 1.58. The molecule has 0 fully saturated rings. The molecule has 0 saturated heterocycles. The van der Waals surface area contributed by atoms with Gasteiger partial charge in [0.25, 0.3) is 0 Å². The molecule has 3 nitrogen and oxygen atoms in total. The second-order valence-electron chi connectivity index (χ2n) is 2.31. The lowest BCUT2D eigenvalue weighted by Gasteiger charge is -2.24. The molecule has 2 unspecified atom stereocenters. The molecule has 0 aliphatic rings. The summed E-state index contributed by atoms with van der Waals surface area (Å²) in [5.74, 6) is 1.53. The average molecular weight is 144 g/mol. The summed E-state index contributed by atoms with van der Waals surface area (Å²) in [7, 11) is 0. The third-order valence-corrected chi connectivity index (χ3v) is 1.58. The van der Waals surface area contributed by atoms with Crippen LogP contribution >= 0.6 is 0 Å². The van der Waals surface area contributed by atoms with Gasteiger partial charge in [-0.15, -0.1) is 6.42 Å². The van der Waals surface area contributed by atoms with Crippen molar-refractivity contribution in [1.82, 2.24) is 0 Å². The molecule has 0 amide bonds. The second-order valence-corrected chi connectivity index (χ2v) is 2.31. The molecule has 2 atom stereocenters. The van der Waals surface area contributed by atoms with Gasteiger partial charge in [-0.3, -0.25) is 0 Å². The molecule has 58 valence electrons. The molecule has 0 aromatic rings. The fourth-order valence-electron chi connectivity index (χ4n) is 0.495. The SMILES string of the molecule is C#CC(O)(CO)C(C)CO. The summed E-state index contributed by atoms with van der Waals surface area (Å²) in [6.45, 7) is 0.808. The summed E-state index contributed by atoms with van der Waals surface area (Å²) in [6.07, 6.45) is 4.92. The topological polar surface area (TPSA) is 60.7 Å². The maximum atomic E-state index is 9.25. The quantitative estimate of drug-likeness (QED) is 0.444.